The number of nitrogens with zero attached hydrogens (tertiary/aromatic N) is 2. The van der Waals surface area contributed by atoms with Crippen molar-refractivity contribution >= 4 is 11.9 Å². The molecular weight excluding hydrogens is 300 g/mol. The van der Waals surface area contributed by atoms with Crippen LogP contribution in [-0.2, 0) is 4.79 Å². The lowest BCUT2D eigenvalue weighted by Gasteiger charge is -2.19. The first-order chi connectivity index (χ1) is 11.1. The summed E-state index contributed by atoms with van der Waals surface area (Å²) in [6, 6.07) is 6.33. The van der Waals surface area contributed by atoms with E-state index >= 15 is 0 Å². The summed E-state index contributed by atoms with van der Waals surface area (Å²) in [6.45, 7) is 0.582. The summed E-state index contributed by atoms with van der Waals surface area (Å²) in [7, 11) is 1.58. The van der Waals surface area contributed by atoms with E-state index in [1.807, 2.05) is 0 Å². The highest BCUT2D eigenvalue weighted by Crippen LogP contribution is 2.27. The van der Waals surface area contributed by atoms with E-state index in [1.165, 1.54) is 0 Å². The van der Waals surface area contributed by atoms with Crippen LogP contribution in [0.3, 0.4) is 0 Å². The molecule has 2 heterocycles. The molecule has 0 aliphatic carbocycles. The topological polar surface area (TPSA) is 79.3 Å². The van der Waals surface area contributed by atoms with Gasteiger partial charge in [0.2, 0.25) is 0 Å². The van der Waals surface area contributed by atoms with Crippen LogP contribution >= 0.6 is 0 Å². The molecule has 0 bridgehead atoms. The zero-order chi connectivity index (χ0) is 16.4. The second-order valence-electron chi connectivity index (χ2n) is 5.72. The molecule has 2 aliphatic heterocycles. The number of urea groups is 1. The van der Waals surface area contributed by atoms with Gasteiger partial charge in [-0.25, -0.2) is 4.79 Å². The molecule has 2 aliphatic rings. The first kappa shape index (κ1) is 15.6. The smallest absolute Gasteiger partial charge is 0.327 e. The van der Waals surface area contributed by atoms with E-state index in [9.17, 15) is 14.7 Å². The maximum atomic E-state index is 12.2. The van der Waals surface area contributed by atoms with Crippen LogP contribution in [0, 0.1) is 0 Å². The molecule has 7 heteroatoms. The molecule has 3 amide bonds. The number of β-amino-alcohol motifs (C(OH)–C–C–N with tert-alkyl or cyclic N) is 1. The zero-order valence-corrected chi connectivity index (χ0v) is 13.0. The number of carbonyl (C=O) groups is 2. The summed E-state index contributed by atoms with van der Waals surface area (Å²) in [4.78, 5) is 27.0. The van der Waals surface area contributed by atoms with Crippen molar-refractivity contribution in [3.05, 3.63) is 24.3 Å². The quantitative estimate of drug-likeness (QED) is 0.787. The van der Waals surface area contributed by atoms with Gasteiger partial charge >= 0.3 is 6.03 Å². The van der Waals surface area contributed by atoms with Crippen molar-refractivity contribution in [1.29, 1.82) is 0 Å². The number of aliphatic hydroxyl groups excluding tert-OH is 1. The number of benzene rings is 1. The number of hydrogen-bond donors (Lipinski definition) is 1. The minimum atomic E-state index is -0.926. The number of methoxy groups -OCH3 is 1. The maximum absolute atomic E-state index is 12.2. The van der Waals surface area contributed by atoms with E-state index < -0.39 is 6.10 Å². The molecule has 1 aromatic carbocycles. The third kappa shape index (κ3) is 3.10. The van der Waals surface area contributed by atoms with Crippen LogP contribution in [0.5, 0.6) is 11.5 Å². The van der Waals surface area contributed by atoms with Gasteiger partial charge in [0.15, 0.2) is 0 Å². The lowest BCUT2D eigenvalue weighted by Crippen LogP contribution is -2.41. The van der Waals surface area contributed by atoms with Gasteiger partial charge in [-0.1, -0.05) is 0 Å². The monoisotopic (exact) mass is 320 g/mol. The maximum Gasteiger partial charge on any atom is 0.327 e. The Balaban J connectivity index is 1.52. The Hall–Kier alpha value is -2.28. The third-order valence-corrected chi connectivity index (χ3v) is 4.18. The molecule has 2 saturated heterocycles. The summed E-state index contributed by atoms with van der Waals surface area (Å²) in [6.07, 6.45) is 0.642. The van der Waals surface area contributed by atoms with Crippen LogP contribution in [-0.4, -0.2) is 65.8 Å². The fourth-order valence-electron chi connectivity index (χ4n) is 2.98. The Labute approximate surface area is 134 Å². The SMILES string of the molecule is COc1ccc(OC[C@@H](O)CN2C(=O)[C@H]3CCCN3C2=O)cc1. The third-order valence-electron chi connectivity index (χ3n) is 4.18. The fraction of sp³-hybridized carbons (Fsp3) is 0.500. The minimum absolute atomic E-state index is 0.00799. The van der Waals surface area contributed by atoms with Crippen molar-refractivity contribution in [2.45, 2.75) is 25.0 Å². The lowest BCUT2D eigenvalue weighted by atomic mass is 10.2. The van der Waals surface area contributed by atoms with Gasteiger partial charge < -0.3 is 19.5 Å². The largest absolute Gasteiger partial charge is 0.497 e. The number of fused-ring (bicyclic) bond motifs is 1. The molecule has 0 unspecified atom stereocenters. The molecule has 23 heavy (non-hydrogen) atoms. The summed E-state index contributed by atoms with van der Waals surface area (Å²) < 4.78 is 10.5. The molecule has 0 radical (unpaired) electrons. The molecular formula is C16H20N2O5. The van der Waals surface area contributed by atoms with Crippen LogP contribution in [0.1, 0.15) is 12.8 Å². The van der Waals surface area contributed by atoms with E-state index in [1.54, 1.807) is 36.3 Å². The van der Waals surface area contributed by atoms with Gasteiger partial charge in [0.25, 0.3) is 5.91 Å². The number of carbonyl (C=O) groups excluding carboxylic acids is 2. The number of amides is 3. The van der Waals surface area contributed by atoms with E-state index in [0.717, 1.165) is 11.3 Å². The van der Waals surface area contributed by atoms with Crippen LogP contribution in [0.2, 0.25) is 0 Å². The Morgan fingerprint density at radius 1 is 1.26 bits per heavy atom. The first-order valence-electron chi connectivity index (χ1n) is 7.67. The summed E-state index contributed by atoms with van der Waals surface area (Å²) >= 11 is 0. The van der Waals surface area contributed by atoms with Crippen LogP contribution in [0.15, 0.2) is 24.3 Å². The lowest BCUT2D eigenvalue weighted by molar-refractivity contribution is -0.129. The van der Waals surface area contributed by atoms with Gasteiger partial charge in [-0.15, -0.1) is 0 Å². The van der Waals surface area contributed by atoms with E-state index in [0.29, 0.717) is 24.5 Å². The van der Waals surface area contributed by atoms with Gasteiger partial charge in [0.05, 0.1) is 13.7 Å². The average Bonchev–Trinajstić information content (AvgIpc) is 3.13. The fourth-order valence-corrected chi connectivity index (χ4v) is 2.98. The predicted molar refractivity (Wildman–Crippen MR) is 81.3 cm³/mol. The second kappa shape index (κ2) is 6.45. The molecule has 0 saturated carbocycles. The van der Waals surface area contributed by atoms with Crippen LogP contribution in [0.4, 0.5) is 4.79 Å². The number of rotatable bonds is 6. The molecule has 1 N–H and O–H groups in total. The van der Waals surface area contributed by atoms with Crippen LogP contribution < -0.4 is 9.47 Å². The Morgan fingerprint density at radius 3 is 2.61 bits per heavy atom. The molecule has 1 aromatic rings. The number of imide groups is 1. The Kier molecular flexibility index (Phi) is 4.38. The number of hydrogen-bond acceptors (Lipinski definition) is 5. The highest BCUT2D eigenvalue weighted by Gasteiger charge is 2.47. The minimum Gasteiger partial charge on any atom is -0.497 e. The van der Waals surface area contributed by atoms with Crippen molar-refractivity contribution in [3.8, 4) is 11.5 Å². The van der Waals surface area contributed by atoms with Gasteiger partial charge in [-0.2, -0.15) is 0 Å². The number of ether oxygens (including phenoxy) is 2. The second-order valence-corrected chi connectivity index (χ2v) is 5.72. The van der Waals surface area contributed by atoms with Gasteiger partial charge in [0.1, 0.15) is 30.3 Å². The molecule has 7 nitrogen and oxygen atoms in total. The highest BCUT2D eigenvalue weighted by molar-refractivity contribution is 6.04. The van der Waals surface area contributed by atoms with E-state index in [4.69, 9.17) is 9.47 Å². The summed E-state index contributed by atoms with van der Waals surface area (Å²) in [5.41, 5.74) is 0. The highest BCUT2D eigenvalue weighted by atomic mass is 16.5. The normalized spacial score (nSPS) is 21.6. The summed E-state index contributed by atoms with van der Waals surface area (Å²) in [5, 5.41) is 10.1. The van der Waals surface area contributed by atoms with Crippen molar-refractivity contribution < 1.29 is 24.2 Å². The van der Waals surface area contributed by atoms with Crippen molar-refractivity contribution in [1.82, 2.24) is 9.80 Å². The Morgan fingerprint density at radius 2 is 1.96 bits per heavy atom. The molecule has 0 spiro atoms. The molecule has 3 rings (SSSR count). The van der Waals surface area contributed by atoms with E-state index in [-0.39, 0.29) is 31.1 Å². The summed E-state index contributed by atoms with van der Waals surface area (Å²) in [5.74, 6) is 1.09. The standard InChI is InChI=1S/C16H20N2O5/c1-22-12-4-6-13(7-5-12)23-10-11(19)9-18-15(20)14-3-2-8-17(14)16(18)21/h4-7,11,14,19H,2-3,8-10H2,1H3/t11-,14+/m0/s1. The van der Waals surface area contributed by atoms with Crippen molar-refractivity contribution in [2.24, 2.45) is 0 Å². The first-order valence-corrected chi connectivity index (χ1v) is 7.67. The molecule has 0 aromatic heterocycles. The zero-order valence-electron chi connectivity index (χ0n) is 13.0. The molecule has 2 fully saturated rings. The molecule has 2 atom stereocenters. The average molecular weight is 320 g/mol. The van der Waals surface area contributed by atoms with E-state index in [2.05, 4.69) is 0 Å². The molecule has 124 valence electrons. The predicted octanol–water partition coefficient (Wildman–Crippen LogP) is 0.861. The Bertz CT molecular complexity index is 567. The van der Waals surface area contributed by atoms with Gasteiger partial charge in [-0.3, -0.25) is 9.69 Å². The number of aliphatic hydroxyl groups is 1. The van der Waals surface area contributed by atoms with Crippen molar-refractivity contribution in [2.75, 3.05) is 26.8 Å². The van der Waals surface area contributed by atoms with Gasteiger partial charge in [0, 0.05) is 6.54 Å². The van der Waals surface area contributed by atoms with Crippen molar-refractivity contribution in [3.63, 3.8) is 0 Å². The van der Waals surface area contributed by atoms with Crippen LogP contribution in [0.25, 0.3) is 0 Å². The van der Waals surface area contributed by atoms with Gasteiger partial charge in [-0.05, 0) is 37.1 Å².